The van der Waals surface area contributed by atoms with Crippen molar-refractivity contribution in [3.63, 3.8) is 0 Å². The molecule has 0 saturated heterocycles. The number of nitrogen functional groups attached to an aromatic ring is 1. The van der Waals surface area contributed by atoms with Gasteiger partial charge < -0.3 is 15.4 Å². The number of benzene rings is 2. The van der Waals surface area contributed by atoms with Gasteiger partial charge in [0.25, 0.3) is 0 Å². The number of carbonyl (C=O) groups is 2. The minimum atomic E-state index is -0.217. The van der Waals surface area contributed by atoms with E-state index in [0.717, 1.165) is 0 Å². The molecular formula is C16H16N2O3. The average molecular weight is 284 g/mol. The van der Waals surface area contributed by atoms with Crippen molar-refractivity contribution in [2.24, 2.45) is 0 Å². The van der Waals surface area contributed by atoms with E-state index in [0.29, 0.717) is 34.7 Å². The summed E-state index contributed by atoms with van der Waals surface area (Å²) < 4.78 is 5.19. The van der Waals surface area contributed by atoms with Crippen molar-refractivity contribution in [3.05, 3.63) is 53.6 Å². The first-order chi connectivity index (χ1) is 10.1. The van der Waals surface area contributed by atoms with E-state index >= 15 is 0 Å². The standard InChI is InChI=1S/C16H16N2O3/c1-18(10-19)12-8-6-11(7-9-12)16(20)15-13(17)4-3-5-14(15)21-2/h3-10H,17H2,1-2H3. The van der Waals surface area contributed by atoms with Crippen LogP contribution in [0.4, 0.5) is 11.4 Å². The van der Waals surface area contributed by atoms with Crippen LogP contribution in [0.15, 0.2) is 42.5 Å². The monoisotopic (exact) mass is 284 g/mol. The number of hydrogen-bond acceptors (Lipinski definition) is 4. The van der Waals surface area contributed by atoms with Crippen LogP contribution in [0.5, 0.6) is 5.75 Å². The predicted octanol–water partition coefficient (Wildman–Crippen LogP) is 2.10. The molecule has 0 fully saturated rings. The molecule has 2 aromatic rings. The number of hydrogen-bond donors (Lipinski definition) is 1. The molecule has 0 bridgehead atoms. The summed E-state index contributed by atoms with van der Waals surface area (Å²) in [4.78, 5) is 24.7. The number of ketones is 1. The Morgan fingerprint density at radius 1 is 1.19 bits per heavy atom. The van der Waals surface area contributed by atoms with Crippen LogP contribution in [0.3, 0.4) is 0 Å². The van der Waals surface area contributed by atoms with Gasteiger partial charge in [0.15, 0.2) is 5.78 Å². The van der Waals surface area contributed by atoms with Crippen molar-refractivity contribution in [1.82, 2.24) is 0 Å². The van der Waals surface area contributed by atoms with E-state index in [1.165, 1.54) is 12.0 Å². The molecule has 0 unspecified atom stereocenters. The number of amides is 1. The van der Waals surface area contributed by atoms with Crippen molar-refractivity contribution in [2.45, 2.75) is 0 Å². The van der Waals surface area contributed by atoms with Crippen LogP contribution < -0.4 is 15.4 Å². The lowest BCUT2D eigenvalue weighted by Gasteiger charge is -2.12. The highest BCUT2D eigenvalue weighted by Gasteiger charge is 2.17. The number of methoxy groups -OCH3 is 1. The minimum Gasteiger partial charge on any atom is -0.496 e. The van der Waals surface area contributed by atoms with Gasteiger partial charge in [-0.05, 0) is 36.4 Å². The predicted molar refractivity (Wildman–Crippen MR) is 81.7 cm³/mol. The maximum atomic E-state index is 12.6. The van der Waals surface area contributed by atoms with Crippen LogP contribution in [0.1, 0.15) is 15.9 Å². The zero-order valence-corrected chi connectivity index (χ0v) is 11.9. The van der Waals surface area contributed by atoms with Crippen LogP contribution in [0.25, 0.3) is 0 Å². The summed E-state index contributed by atoms with van der Waals surface area (Å²) in [7, 11) is 3.13. The van der Waals surface area contributed by atoms with E-state index in [4.69, 9.17) is 10.5 Å². The first-order valence-corrected chi connectivity index (χ1v) is 6.34. The number of nitrogens with zero attached hydrogens (tertiary/aromatic N) is 1. The Bertz CT molecular complexity index is 666. The fourth-order valence-corrected chi connectivity index (χ4v) is 2.01. The van der Waals surface area contributed by atoms with E-state index in [2.05, 4.69) is 0 Å². The molecule has 0 radical (unpaired) electrons. The lowest BCUT2D eigenvalue weighted by molar-refractivity contribution is -0.107. The number of anilines is 2. The highest BCUT2D eigenvalue weighted by molar-refractivity contribution is 6.14. The summed E-state index contributed by atoms with van der Waals surface area (Å²) in [5, 5.41) is 0. The number of ether oxygens (including phenoxy) is 1. The van der Waals surface area contributed by atoms with E-state index in [1.807, 2.05) is 0 Å². The van der Waals surface area contributed by atoms with Crippen molar-refractivity contribution >= 4 is 23.6 Å². The fraction of sp³-hybridized carbons (Fsp3) is 0.125. The van der Waals surface area contributed by atoms with Gasteiger partial charge in [-0.2, -0.15) is 0 Å². The molecule has 1 amide bonds. The molecular weight excluding hydrogens is 268 g/mol. The molecule has 2 aromatic carbocycles. The maximum Gasteiger partial charge on any atom is 0.213 e. The topological polar surface area (TPSA) is 72.6 Å². The van der Waals surface area contributed by atoms with E-state index in [1.54, 1.807) is 49.5 Å². The molecule has 5 heteroatoms. The maximum absolute atomic E-state index is 12.6. The molecule has 0 aliphatic rings. The zero-order valence-electron chi connectivity index (χ0n) is 11.9. The third-order valence-corrected chi connectivity index (χ3v) is 3.20. The van der Waals surface area contributed by atoms with Crippen LogP contribution in [0, 0.1) is 0 Å². The second kappa shape index (κ2) is 6.09. The first-order valence-electron chi connectivity index (χ1n) is 6.34. The van der Waals surface area contributed by atoms with Gasteiger partial charge in [0.1, 0.15) is 5.75 Å². The van der Waals surface area contributed by atoms with Gasteiger partial charge in [-0.15, -0.1) is 0 Å². The Hall–Kier alpha value is -2.82. The SMILES string of the molecule is COc1cccc(N)c1C(=O)c1ccc(N(C)C=O)cc1. The molecule has 0 aliphatic heterocycles. The van der Waals surface area contributed by atoms with Crippen molar-refractivity contribution in [3.8, 4) is 5.75 Å². The normalized spacial score (nSPS) is 10.0. The third kappa shape index (κ3) is 2.86. The Balaban J connectivity index is 2.39. The van der Waals surface area contributed by atoms with E-state index in [-0.39, 0.29) is 5.78 Å². The molecule has 0 atom stereocenters. The number of carbonyl (C=O) groups excluding carboxylic acids is 2. The highest BCUT2D eigenvalue weighted by atomic mass is 16.5. The molecule has 0 heterocycles. The Morgan fingerprint density at radius 3 is 2.43 bits per heavy atom. The molecule has 0 spiro atoms. The molecule has 21 heavy (non-hydrogen) atoms. The first kappa shape index (κ1) is 14.6. The summed E-state index contributed by atoms with van der Waals surface area (Å²) in [5.41, 5.74) is 7.78. The smallest absolute Gasteiger partial charge is 0.213 e. The van der Waals surface area contributed by atoms with E-state index < -0.39 is 0 Å². The third-order valence-electron chi connectivity index (χ3n) is 3.20. The number of nitrogens with two attached hydrogens (primary N) is 1. The lowest BCUT2D eigenvalue weighted by Crippen LogP contribution is -2.14. The van der Waals surface area contributed by atoms with Crippen LogP contribution in [0.2, 0.25) is 0 Å². The fourth-order valence-electron chi connectivity index (χ4n) is 2.01. The van der Waals surface area contributed by atoms with Gasteiger partial charge in [-0.25, -0.2) is 0 Å². The van der Waals surface area contributed by atoms with Crippen LogP contribution in [-0.2, 0) is 4.79 Å². The summed E-state index contributed by atoms with van der Waals surface area (Å²) in [6.07, 6.45) is 0.703. The van der Waals surface area contributed by atoms with Crippen molar-refractivity contribution in [2.75, 3.05) is 24.8 Å². The molecule has 0 aromatic heterocycles. The summed E-state index contributed by atoms with van der Waals surface area (Å²) in [6.45, 7) is 0. The van der Waals surface area contributed by atoms with Gasteiger partial charge in [0, 0.05) is 24.0 Å². The van der Waals surface area contributed by atoms with Gasteiger partial charge in [-0.1, -0.05) is 6.07 Å². The second-order valence-electron chi connectivity index (χ2n) is 4.52. The zero-order chi connectivity index (χ0) is 15.4. The lowest BCUT2D eigenvalue weighted by atomic mass is 10.0. The van der Waals surface area contributed by atoms with Gasteiger partial charge in [0.05, 0.1) is 12.7 Å². The Morgan fingerprint density at radius 2 is 1.86 bits per heavy atom. The molecule has 2 rings (SSSR count). The van der Waals surface area contributed by atoms with Crippen LogP contribution >= 0.6 is 0 Å². The molecule has 0 saturated carbocycles. The Labute approximate surface area is 122 Å². The van der Waals surface area contributed by atoms with Crippen molar-refractivity contribution in [1.29, 1.82) is 0 Å². The van der Waals surface area contributed by atoms with E-state index in [9.17, 15) is 9.59 Å². The summed E-state index contributed by atoms with van der Waals surface area (Å²) >= 11 is 0. The number of rotatable bonds is 5. The van der Waals surface area contributed by atoms with Gasteiger partial charge in [0.2, 0.25) is 6.41 Å². The summed E-state index contributed by atoms with van der Waals surface area (Å²) in [6, 6.07) is 11.8. The minimum absolute atomic E-state index is 0.217. The summed E-state index contributed by atoms with van der Waals surface area (Å²) in [5.74, 6) is 0.222. The molecule has 2 N–H and O–H groups in total. The highest BCUT2D eigenvalue weighted by Crippen LogP contribution is 2.27. The largest absolute Gasteiger partial charge is 0.496 e. The molecule has 108 valence electrons. The Kier molecular flexibility index (Phi) is 4.23. The molecule has 5 nitrogen and oxygen atoms in total. The quantitative estimate of drug-likeness (QED) is 0.518. The van der Waals surface area contributed by atoms with Gasteiger partial charge >= 0.3 is 0 Å². The van der Waals surface area contributed by atoms with Crippen LogP contribution in [-0.4, -0.2) is 26.4 Å². The molecule has 0 aliphatic carbocycles. The second-order valence-corrected chi connectivity index (χ2v) is 4.52. The van der Waals surface area contributed by atoms with Gasteiger partial charge in [-0.3, -0.25) is 9.59 Å². The van der Waals surface area contributed by atoms with Crippen molar-refractivity contribution < 1.29 is 14.3 Å². The average Bonchev–Trinajstić information content (AvgIpc) is 2.53.